The van der Waals surface area contributed by atoms with Gasteiger partial charge in [-0.3, -0.25) is 14.2 Å². The molecule has 3 heterocycles. The molecule has 3 rings (SSSR count). The number of aryl methyl sites for hydroxylation is 1. The van der Waals surface area contributed by atoms with Crippen molar-refractivity contribution in [3.05, 3.63) is 25.8 Å². The first kappa shape index (κ1) is 12.6. The molecular weight excluding hydrogens is 266 g/mol. The Balaban J connectivity index is 2.16. The minimum Gasteiger partial charge on any atom is -0.355 e. The number of hydrogen-bond acceptors (Lipinski definition) is 5. The van der Waals surface area contributed by atoms with Crippen LogP contribution in [0.25, 0.3) is 10.3 Å². The van der Waals surface area contributed by atoms with E-state index in [2.05, 4.69) is 16.9 Å². The summed E-state index contributed by atoms with van der Waals surface area (Å²) >= 11 is 0.931. The molecule has 1 fully saturated rings. The molecule has 19 heavy (non-hydrogen) atoms. The quantitative estimate of drug-likeness (QED) is 0.906. The maximum Gasteiger partial charge on any atom is 0.311 e. The van der Waals surface area contributed by atoms with Crippen LogP contribution >= 0.6 is 11.3 Å². The van der Waals surface area contributed by atoms with Crippen molar-refractivity contribution in [2.24, 2.45) is 0 Å². The van der Waals surface area contributed by atoms with Gasteiger partial charge in [0.2, 0.25) is 0 Å². The molecule has 0 aliphatic carbocycles. The van der Waals surface area contributed by atoms with E-state index in [1.807, 2.05) is 0 Å². The van der Waals surface area contributed by atoms with Crippen LogP contribution in [0.2, 0.25) is 0 Å². The second kappa shape index (κ2) is 4.57. The summed E-state index contributed by atoms with van der Waals surface area (Å²) in [5.74, 6) is 0.508. The Kier molecular flexibility index (Phi) is 3.02. The van der Waals surface area contributed by atoms with E-state index < -0.39 is 0 Å². The summed E-state index contributed by atoms with van der Waals surface area (Å²) in [7, 11) is 0. The summed E-state index contributed by atoms with van der Waals surface area (Å²) in [6.45, 7) is 3.77. The van der Waals surface area contributed by atoms with E-state index >= 15 is 0 Å². The van der Waals surface area contributed by atoms with Gasteiger partial charge in [0.25, 0.3) is 5.56 Å². The molecule has 2 aromatic rings. The first-order valence-corrected chi connectivity index (χ1v) is 7.19. The Morgan fingerprint density at radius 1 is 1.47 bits per heavy atom. The van der Waals surface area contributed by atoms with Crippen LogP contribution in [0.5, 0.6) is 0 Å². The van der Waals surface area contributed by atoms with Gasteiger partial charge in [-0.05, 0) is 26.2 Å². The van der Waals surface area contributed by atoms with Crippen molar-refractivity contribution in [2.75, 3.05) is 0 Å². The van der Waals surface area contributed by atoms with E-state index in [4.69, 9.17) is 4.74 Å². The second-order valence-corrected chi connectivity index (χ2v) is 5.70. The van der Waals surface area contributed by atoms with Crippen molar-refractivity contribution in [3.63, 3.8) is 0 Å². The first-order chi connectivity index (χ1) is 9.10. The summed E-state index contributed by atoms with van der Waals surface area (Å²) in [6.07, 6.45) is 2.56. The molecule has 0 bridgehead atoms. The largest absolute Gasteiger partial charge is 0.355 e. The number of thiazole rings is 1. The van der Waals surface area contributed by atoms with E-state index in [1.54, 1.807) is 6.92 Å². The number of rotatable bonds is 2. The zero-order valence-corrected chi connectivity index (χ0v) is 11.6. The maximum absolute atomic E-state index is 12.1. The number of nitrogens with zero attached hydrogens (tertiary/aromatic N) is 2. The smallest absolute Gasteiger partial charge is 0.311 e. The van der Waals surface area contributed by atoms with Crippen molar-refractivity contribution < 1.29 is 4.74 Å². The number of ether oxygens (including phenoxy) is 1. The Labute approximate surface area is 113 Å². The van der Waals surface area contributed by atoms with Crippen LogP contribution in [0.1, 0.15) is 38.2 Å². The van der Waals surface area contributed by atoms with Gasteiger partial charge in [-0.25, -0.2) is 4.98 Å². The third-order valence-electron chi connectivity index (χ3n) is 3.42. The standard InChI is InChI=1S/C12H15N3O3S/c1-3-7-4-5-8(18-7)15-10-9(19-12(15)17)11(16)14-6(2)13-10/h7-8H,3-5H2,1-2H3,(H,13,14,16)/t7-,8-/m1/s1. The number of hydrogen-bond donors (Lipinski definition) is 1. The van der Waals surface area contributed by atoms with Crippen molar-refractivity contribution in [3.8, 4) is 0 Å². The number of aromatic amines is 1. The predicted octanol–water partition coefficient (Wildman–Crippen LogP) is 1.54. The predicted molar refractivity (Wildman–Crippen MR) is 72.7 cm³/mol. The zero-order valence-electron chi connectivity index (χ0n) is 10.8. The van der Waals surface area contributed by atoms with Crippen LogP contribution in [0.4, 0.5) is 0 Å². The van der Waals surface area contributed by atoms with Gasteiger partial charge >= 0.3 is 4.87 Å². The van der Waals surface area contributed by atoms with Gasteiger partial charge in [0.05, 0.1) is 6.10 Å². The Bertz CT molecular complexity index is 730. The number of nitrogens with one attached hydrogen (secondary N) is 1. The molecule has 0 aromatic carbocycles. The number of aromatic nitrogens is 3. The molecule has 2 atom stereocenters. The lowest BCUT2D eigenvalue weighted by atomic mass is 10.2. The molecule has 0 saturated carbocycles. The van der Waals surface area contributed by atoms with E-state index in [9.17, 15) is 9.59 Å². The molecule has 0 radical (unpaired) electrons. The van der Waals surface area contributed by atoms with Gasteiger partial charge < -0.3 is 9.72 Å². The maximum atomic E-state index is 12.1. The van der Waals surface area contributed by atoms with Crippen LogP contribution in [-0.2, 0) is 4.74 Å². The van der Waals surface area contributed by atoms with Gasteiger partial charge in [0, 0.05) is 0 Å². The highest BCUT2D eigenvalue weighted by Gasteiger charge is 2.29. The third kappa shape index (κ3) is 2.02. The molecule has 0 spiro atoms. The Hall–Kier alpha value is -1.47. The van der Waals surface area contributed by atoms with Crippen LogP contribution in [0.15, 0.2) is 9.59 Å². The van der Waals surface area contributed by atoms with Crippen molar-refractivity contribution in [1.29, 1.82) is 0 Å². The van der Waals surface area contributed by atoms with Gasteiger partial charge in [-0.15, -0.1) is 0 Å². The molecule has 6 nitrogen and oxygen atoms in total. The summed E-state index contributed by atoms with van der Waals surface area (Å²) in [6, 6.07) is 0. The fourth-order valence-electron chi connectivity index (χ4n) is 2.47. The highest BCUT2D eigenvalue weighted by atomic mass is 32.1. The average Bonchev–Trinajstić information content (AvgIpc) is 2.93. The molecule has 1 N–H and O–H groups in total. The zero-order chi connectivity index (χ0) is 13.6. The van der Waals surface area contributed by atoms with Crippen LogP contribution in [-0.4, -0.2) is 20.6 Å². The monoisotopic (exact) mass is 281 g/mol. The van der Waals surface area contributed by atoms with E-state index in [1.165, 1.54) is 4.57 Å². The molecule has 0 amide bonds. The van der Waals surface area contributed by atoms with Crippen LogP contribution in [0.3, 0.4) is 0 Å². The summed E-state index contributed by atoms with van der Waals surface area (Å²) in [5, 5.41) is 0. The van der Waals surface area contributed by atoms with E-state index in [-0.39, 0.29) is 22.8 Å². The minimum atomic E-state index is -0.292. The molecule has 1 aliphatic heterocycles. The van der Waals surface area contributed by atoms with Gasteiger partial charge in [0.15, 0.2) is 5.65 Å². The fourth-order valence-corrected chi connectivity index (χ4v) is 3.33. The van der Waals surface area contributed by atoms with Crippen molar-refractivity contribution in [2.45, 2.75) is 45.4 Å². The minimum absolute atomic E-state index is 0.180. The SMILES string of the molecule is CC[C@@H]1CC[C@H](n2c(=O)sc3c(=O)[nH]c(C)nc32)O1. The topological polar surface area (TPSA) is 77.0 Å². The number of H-pyrrole nitrogens is 1. The highest BCUT2D eigenvalue weighted by molar-refractivity contribution is 7.16. The van der Waals surface area contributed by atoms with Crippen LogP contribution < -0.4 is 10.4 Å². The third-order valence-corrected chi connectivity index (χ3v) is 4.36. The molecule has 1 aliphatic rings. The first-order valence-electron chi connectivity index (χ1n) is 6.37. The van der Waals surface area contributed by atoms with Gasteiger partial charge in [0.1, 0.15) is 16.8 Å². The Morgan fingerprint density at radius 3 is 2.95 bits per heavy atom. The molecule has 2 aromatic heterocycles. The van der Waals surface area contributed by atoms with Crippen molar-refractivity contribution in [1.82, 2.24) is 14.5 Å². The lowest BCUT2D eigenvalue weighted by Crippen LogP contribution is -2.21. The highest BCUT2D eigenvalue weighted by Crippen LogP contribution is 2.30. The van der Waals surface area contributed by atoms with Gasteiger partial charge in [-0.1, -0.05) is 18.3 Å². The number of fused-ring (bicyclic) bond motifs is 1. The lowest BCUT2D eigenvalue weighted by molar-refractivity contribution is 0.00196. The van der Waals surface area contributed by atoms with Gasteiger partial charge in [-0.2, -0.15) is 0 Å². The van der Waals surface area contributed by atoms with E-state index in [0.29, 0.717) is 16.2 Å². The second-order valence-electron chi connectivity index (χ2n) is 4.74. The Morgan fingerprint density at radius 2 is 2.26 bits per heavy atom. The summed E-state index contributed by atoms with van der Waals surface area (Å²) < 4.78 is 7.74. The normalized spacial score (nSPS) is 23.3. The lowest BCUT2D eigenvalue weighted by Gasteiger charge is -2.13. The summed E-state index contributed by atoms with van der Waals surface area (Å²) in [4.78, 5) is 30.6. The fraction of sp³-hybridized carbons (Fsp3) is 0.583. The average molecular weight is 281 g/mol. The van der Waals surface area contributed by atoms with Crippen molar-refractivity contribution >= 4 is 21.7 Å². The molecule has 1 saturated heterocycles. The molecule has 0 unspecified atom stereocenters. The molecule has 7 heteroatoms. The molecular formula is C12H15N3O3S. The van der Waals surface area contributed by atoms with E-state index in [0.717, 1.165) is 30.6 Å². The van der Waals surface area contributed by atoms with Crippen LogP contribution in [0, 0.1) is 6.92 Å². The summed E-state index contributed by atoms with van der Waals surface area (Å²) in [5.41, 5.74) is 0.186. The molecule has 102 valence electrons.